The number of fused-ring (bicyclic) bond motifs is 1. The number of carbonyl (C=O) groups is 2. The van der Waals surface area contributed by atoms with Gasteiger partial charge in [0, 0.05) is 24.1 Å². The number of rotatable bonds is 3. The first-order valence-corrected chi connectivity index (χ1v) is 7.46. The van der Waals surface area contributed by atoms with Gasteiger partial charge in [0.15, 0.2) is 0 Å². The van der Waals surface area contributed by atoms with Crippen LogP contribution in [-0.4, -0.2) is 42.5 Å². The molecule has 1 saturated heterocycles. The topological polar surface area (TPSA) is 81.9 Å². The summed E-state index contributed by atoms with van der Waals surface area (Å²) >= 11 is 0. The Morgan fingerprint density at radius 3 is 2.96 bits per heavy atom. The largest absolute Gasteiger partial charge is 0.464 e. The Balaban J connectivity index is 1.86. The predicted molar refractivity (Wildman–Crippen MR) is 84.3 cm³/mol. The lowest BCUT2D eigenvalue weighted by atomic mass is 10.1. The average molecular weight is 314 g/mol. The van der Waals surface area contributed by atoms with E-state index in [1.165, 1.54) is 6.26 Å². The zero-order valence-corrected chi connectivity index (χ0v) is 12.6. The molecular weight excluding hydrogens is 296 g/mol. The van der Waals surface area contributed by atoms with Crippen LogP contribution in [0.2, 0.25) is 0 Å². The molecule has 6 heteroatoms. The van der Waals surface area contributed by atoms with E-state index >= 15 is 0 Å². The summed E-state index contributed by atoms with van der Waals surface area (Å²) in [4.78, 5) is 25.7. The minimum atomic E-state index is -0.447. The fraction of sp³-hybridized carbons (Fsp3) is 0.294. The van der Waals surface area contributed by atoms with Crippen LogP contribution >= 0.6 is 0 Å². The predicted octanol–water partition coefficient (Wildman–Crippen LogP) is 1.08. The Morgan fingerprint density at radius 2 is 2.13 bits per heavy atom. The number of carbonyl (C=O) groups excluding carboxylic acids is 2. The minimum Gasteiger partial charge on any atom is -0.464 e. The van der Waals surface area contributed by atoms with Gasteiger partial charge in [-0.15, -0.1) is 0 Å². The summed E-state index contributed by atoms with van der Waals surface area (Å²) in [5, 5.41) is 0. The van der Waals surface area contributed by atoms with Crippen molar-refractivity contribution in [3.63, 3.8) is 0 Å². The molecule has 0 radical (unpaired) electrons. The quantitative estimate of drug-likeness (QED) is 0.905. The van der Waals surface area contributed by atoms with E-state index in [2.05, 4.69) is 0 Å². The van der Waals surface area contributed by atoms with Crippen LogP contribution in [0.25, 0.3) is 6.08 Å². The summed E-state index contributed by atoms with van der Waals surface area (Å²) in [6, 6.07) is 7.15. The van der Waals surface area contributed by atoms with Crippen molar-refractivity contribution in [2.75, 3.05) is 19.8 Å². The summed E-state index contributed by atoms with van der Waals surface area (Å²) in [6.45, 7) is 1.20. The van der Waals surface area contributed by atoms with E-state index in [4.69, 9.17) is 15.2 Å². The summed E-state index contributed by atoms with van der Waals surface area (Å²) in [7, 11) is 0. The molecule has 0 spiro atoms. The molecule has 0 aromatic heterocycles. The number of nitrogens with two attached hydrogens (primary N) is 1. The summed E-state index contributed by atoms with van der Waals surface area (Å²) in [6.07, 6.45) is 5.02. The number of para-hydroxylation sites is 1. The van der Waals surface area contributed by atoms with Crippen molar-refractivity contribution in [3.8, 4) is 5.75 Å². The second-order valence-corrected chi connectivity index (χ2v) is 5.46. The van der Waals surface area contributed by atoms with Gasteiger partial charge in [-0.3, -0.25) is 9.59 Å². The van der Waals surface area contributed by atoms with Crippen molar-refractivity contribution in [2.45, 2.75) is 12.5 Å². The zero-order chi connectivity index (χ0) is 16.2. The minimum absolute atomic E-state index is 0.0931. The molecule has 120 valence electrons. The maximum Gasteiger partial charge on any atom is 0.254 e. The Hall–Kier alpha value is -2.60. The third-order valence-electron chi connectivity index (χ3n) is 3.84. The van der Waals surface area contributed by atoms with Gasteiger partial charge < -0.3 is 20.1 Å². The van der Waals surface area contributed by atoms with Crippen molar-refractivity contribution >= 4 is 17.9 Å². The highest BCUT2D eigenvalue weighted by Crippen LogP contribution is 2.26. The van der Waals surface area contributed by atoms with E-state index in [0.29, 0.717) is 31.1 Å². The van der Waals surface area contributed by atoms with Crippen LogP contribution in [-0.2, 0) is 14.3 Å². The molecule has 1 aromatic carbocycles. The maximum absolute atomic E-state index is 12.9. The fourth-order valence-electron chi connectivity index (χ4n) is 2.73. The maximum atomic E-state index is 12.9. The van der Waals surface area contributed by atoms with E-state index in [-0.39, 0.29) is 18.4 Å². The number of hydrogen-bond acceptors (Lipinski definition) is 4. The van der Waals surface area contributed by atoms with Crippen LogP contribution < -0.4 is 10.5 Å². The second-order valence-electron chi connectivity index (χ2n) is 5.46. The first-order valence-electron chi connectivity index (χ1n) is 7.46. The van der Waals surface area contributed by atoms with E-state index < -0.39 is 5.91 Å². The second kappa shape index (κ2) is 6.66. The molecular formula is C17H18N2O4. The zero-order valence-electron chi connectivity index (χ0n) is 12.6. The molecule has 0 bridgehead atoms. The standard InChI is InChI=1S/C17H18N2O4/c18-16(20)10-14-11-22-8-6-19(14)17(21)13-5-7-23-15-4-2-1-3-12(15)9-13/h1-5,7,9,14H,6,8,10-11H2,(H2,18,20)/t14-/m1/s1. The van der Waals surface area contributed by atoms with Crippen molar-refractivity contribution in [1.82, 2.24) is 4.90 Å². The summed E-state index contributed by atoms with van der Waals surface area (Å²) in [5.74, 6) is 0.0932. The highest BCUT2D eigenvalue weighted by atomic mass is 16.5. The number of primary amides is 1. The lowest BCUT2D eigenvalue weighted by Gasteiger charge is -2.35. The molecule has 0 saturated carbocycles. The third-order valence-corrected chi connectivity index (χ3v) is 3.84. The number of ether oxygens (including phenoxy) is 2. The van der Waals surface area contributed by atoms with E-state index in [1.807, 2.05) is 24.3 Å². The highest BCUT2D eigenvalue weighted by Gasteiger charge is 2.30. The van der Waals surface area contributed by atoms with Gasteiger partial charge in [-0.25, -0.2) is 0 Å². The van der Waals surface area contributed by atoms with Gasteiger partial charge >= 0.3 is 0 Å². The summed E-state index contributed by atoms with van der Waals surface area (Å²) in [5.41, 5.74) is 6.61. The van der Waals surface area contributed by atoms with Gasteiger partial charge in [0.2, 0.25) is 5.91 Å². The van der Waals surface area contributed by atoms with E-state index in [1.54, 1.807) is 17.1 Å². The van der Waals surface area contributed by atoms with Crippen LogP contribution in [0.1, 0.15) is 12.0 Å². The first-order chi connectivity index (χ1) is 11.1. The number of nitrogens with zero attached hydrogens (tertiary/aromatic N) is 1. The Labute approximate surface area is 134 Å². The lowest BCUT2D eigenvalue weighted by Crippen LogP contribution is -2.50. The molecule has 1 aromatic rings. The van der Waals surface area contributed by atoms with Crippen LogP contribution in [0, 0.1) is 0 Å². The van der Waals surface area contributed by atoms with Crippen molar-refractivity contribution in [3.05, 3.63) is 47.7 Å². The molecule has 2 N–H and O–H groups in total. The fourth-order valence-corrected chi connectivity index (χ4v) is 2.73. The van der Waals surface area contributed by atoms with Gasteiger partial charge in [0.25, 0.3) is 5.91 Å². The average Bonchev–Trinajstić information content (AvgIpc) is 2.76. The molecule has 2 heterocycles. The molecule has 2 aliphatic heterocycles. The number of benzene rings is 1. The molecule has 2 aliphatic rings. The molecule has 0 aliphatic carbocycles. The normalized spacial score (nSPS) is 20.1. The molecule has 6 nitrogen and oxygen atoms in total. The molecule has 3 rings (SSSR count). The number of morpholine rings is 1. The monoisotopic (exact) mass is 314 g/mol. The van der Waals surface area contributed by atoms with Crippen LogP contribution in [0.4, 0.5) is 0 Å². The molecule has 1 atom stereocenters. The SMILES string of the molecule is NC(=O)C[C@@H]1COCCN1C(=O)C1=Cc2ccccc2OC=C1. The van der Waals surface area contributed by atoms with Gasteiger partial charge in [-0.1, -0.05) is 18.2 Å². The van der Waals surface area contributed by atoms with Crippen LogP contribution in [0.15, 0.2) is 42.2 Å². The third kappa shape index (κ3) is 3.43. The molecule has 1 fully saturated rings. The molecule has 2 amide bonds. The van der Waals surface area contributed by atoms with E-state index in [0.717, 1.165) is 5.56 Å². The molecule has 0 unspecified atom stereocenters. The van der Waals surface area contributed by atoms with Crippen molar-refractivity contribution in [2.24, 2.45) is 5.73 Å². The Morgan fingerprint density at radius 1 is 1.30 bits per heavy atom. The molecule has 23 heavy (non-hydrogen) atoms. The smallest absolute Gasteiger partial charge is 0.254 e. The van der Waals surface area contributed by atoms with Gasteiger partial charge in [-0.2, -0.15) is 0 Å². The number of hydrogen-bond donors (Lipinski definition) is 1. The van der Waals surface area contributed by atoms with E-state index in [9.17, 15) is 9.59 Å². The van der Waals surface area contributed by atoms with Gasteiger partial charge in [0.05, 0.1) is 25.5 Å². The highest BCUT2D eigenvalue weighted by molar-refractivity contribution is 6.01. The Bertz CT molecular complexity index is 681. The van der Waals surface area contributed by atoms with Crippen LogP contribution in [0.3, 0.4) is 0 Å². The van der Waals surface area contributed by atoms with Gasteiger partial charge in [0.1, 0.15) is 5.75 Å². The van der Waals surface area contributed by atoms with Crippen LogP contribution in [0.5, 0.6) is 5.75 Å². The lowest BCUT2D eigenvalue weighted by molar-refractivity contribution is -0.137. The van der Waals surface area contributed by atoms with Crippen molar-refractivity contribution < 1.29 is 19.1 Å². The summed E-state index contributed by atoms with van der Waals surface area (Å²) < 4.78 is 10.9. The first kappa shape index (κ1) is 15.3. The number of amides is 2. The van der Waals surface area contributed by atoms with Crippen molar-refractivity contribution in [1.29, 1.82) is 0 Å². The Kier molecular flexibility index (Phi) is 4.43. The van der Waals surface area contributed by atoms with Gasteiger partial charge in [-0.05, 0) is 18.2 Å².